The molecule has 0 bridgehead atoms. The third-order valence-electron chi connectivity index (χ3n) is 2.39. The van der Waals surface area contributed by atoms with Gasteiger partial charge >= 0.3 is 0 Å². The minimum atomic E-state index is 1.02. The Morgan fingerprint density at radius 1 is 1.21 bits per heavy atom. The van der Waals surface area contributed by atoms with Crippen LogP contribution < -0.4 is 0 Å². The number of hydrogen-bond donors (Lipinski definition) is 0. The maximum Gasteiger partial charge on any atom is 0.104 e. The van der Waals surface area contributed by atoms with Crippen molar-refractivity contribution in [2.75, 3.05) is 20.6 Å². The molecule has 0 fully saturated rings. The molecular formula is C13H20N+. The maximum atomic E-state index is 3.76. The van der Waals surface area contributed by atoms with Crippen LogP contribution in [0.1, 0.15) is 12.0 Å². The Morgan fingerprint density at radius 2 is 1.86 bits per heavy atom. The highest BCUT2D eigenvalue weighted by Gasteiger charge is 2.13. The highest BCUT2D eigenvalue weighted by molar-refractivity contribution is 5.13. The van der Waals surface area contributed by atoms with Gasteiger partial charge in [0.2, 0.25) is 0 Å². The number of benzene rings is 1. The number of quaternary nitrogens is 1. The van der Waals surface area contributed by atoms with Crippen LogP contribution in [0.3, 0.4) is 0 Å². The molecule has 0 atom stereocenters. The SMILES string of the molecule is C=CCC[N+](C)(C)Cc1ccccc1. The lowest BCUT2D eigenvalue weighted by molar-refractivity contribution is -0.903. The average Bonchev–Trinajstić information content (AvgIpc) is 2.16. The van der Waals surface area contributed by atoms with Crippen molar-refractivity contribution in [2.45, 2.75) is 13.0 Å². The summed E-state index contributed by atoms with van der Waals surface area (Å²) in [6.45, 7) is 6.00. The summed E-state index contributed by atoms with van der Waals surface area (Å²) in [6.07, 6.45) is 3.07. The second-order valence-electron chi connectivity index (χ2n) is 4.38. The first-order valence-corrected chi connectivity index (χ1v) is 5.11. The molecule has 0 N–H and O–H groups in total. The smallest absolute Gasteiger partial charge is 0.104 e. The van der Waals surface area contributed by atoms with Gasteiger partial charge in [-0.3, -0.25) is 0 Å². The first-order chi connectivity index (χ1) is 6.64. The molecule has 1 nitrogen and oxygen atoms in total. The van der Waals surface area contributed by atoms with Crippen LogP contribution in [-0.2, 0) is 6.54 Å². The molecule has 0 radical (unpaired) electrons. The summed E-state index contributed by atoms with van der Waals surface area (Å²) in [6, 6.07) is 10.6. The second-order valence-corrected chi connectivity index (χ2v) is 4.38. The number of rotatable bonds is 5. The summed E-state index contributed by atoms with van der Waals surface area (Å²) in [5.41, 5.74) is 1.40. The van der Waals surface area contributed by atoms with Crippen molar-refractivity contribution >= 4 is 0 Å². The van der Waals surface area contributed by atoms with Gasteiger partial charge in [-0.1, -0.05) is 36.4 Å². The van der Waals surface area contributed by atoms with Crippen LogP contribution in [-0.4, -0.2) is 25.1 Å². The molecule has 0 amide bonds. The predicted octanol–water partition coefficient (Wildman–Crippen LogP) is 2.84. The zero-order chi connectivity index (χ0) is 10.4. The zero-order valence-electron chi connectivity index (χ0n) is 9.24. The first-order valence-electron chi connectivity index (χ1n) is 5.11. The van der Waals surface area contributed by atoms with Gasteiger partial charge in [0.1, 0.15) is 6.54 Å². The van der Waals surface area contributed by atoms with Gasteiger partial charge in [-0.05, 0) is 0 Å². The molecular weight excluding hydrogens is 170 g/mol. The van der Waals surface area contributed by atoms with Crippen LogP contribution in [0.15, 0.2) is 43.0 Å². The lowest BCUT2D eigenvalue weighted by atomic mass is 10.2. The van der Waals surface area contributed by atoms with Crippen LogP contribution in [0, 0.1) is 0 Å². The minimum Gasteiger partial charge on any atom is -0.324 e. The molecule has 14 heavy (non-hydrogen) atoms. The van der Waals surface area contributed by atoms with Crippen molar-refractivity contribution in [1.82, 2.24) is 0 Å². The normalized spacial score (nSPS) is 11.3. The summed E-state index contributed by atoms with van der Waals surface area (Å²) < 4.78 is 1.02. The van der Waals surface area contributed by atoms with E-state index in [1.165, 1.54) is 5.56 Å². The van der Waals surface area contributed by atoms with Crippen molar-refractivity contribution in [3.05, 3.63) is 48.6 Å². The Kier molecular flexibility index (Phi) is 3.90. The van der Waals surface area contributed by atoms with Crippen LogP contribution in [0.4, 0.5) is 0 Å². The van der Waals surface area contributed by atoms with Crippen molar-refractivity contribution in [3.63, 3.8) is 0 Å². The van der Waals surface area contributed by atoms with Gasteiger partial charge in [0.15, 0.2) is 0 Å². The van der Waals surface area contributed by atoms with E-state index in [0.717, 1.165) is 24.0 Å². The molecule has 0 heterocycles. The van der Waals surface area contributed by atoms with Crippen LogP contribution in [0.2, 0.25) is 0 Å². The Labute approximate surface area is 87.3 Å². The van der Waals surface area contributed by atoms with E-state index >= 15 is 0 Å². The monoisotopic (exact) mass is 190 g/mol. The van der Waals surface area contributed by atoms with E-state index in [1.54, 1.807) is 0 Å². The Morgan fingerprint density at radius 3 is 2.43 bits per heavy atom. The first kappa shape index (κ1) is 11.0. The Hall–Kier alpha value is -1.08. The lowest BCUT2D eigenvalue weighted by Crippen LogP contribution is -2.39. The third-order valence-corrected chi connectivity index (χ3v) is 2.39. The molecule has 0 spiro atoms. The largest absolute Gasteiger partial charge is 0.324 e. The molecule has 0 aromatic heterocycles. The molecule has 1 aromatic carbocycles. The van der Waals surface area contributed by atoms with Crippen molar-refractivity contribution in [1.29, 1.82) is 0 Å². The highest BCUT2D eigenvalue weighted by Crippen LogP contribution is 2.09. The van der Waals surface area contributed by atoms with E-state index in [1.807, 2.05) is 6.08 Å². The fourth-order valence-corrected chi connectivity index (χ4v) is 1.60. The molecule has 76 valence electrons. The number of nitrogens with zero attached hydrogens (tertiary/aromatic N) is 1. The third kappa shape index (κ3) is 3.75. The van der Waals surface area contributed by atoms with E-state index in [-0.39, 0.29) is 0 Å². The van der Waals surface area contributed by atoms with Crippen molar-refractivity contribution in [3.8, 4) is 0 Å². The summed E-state index contributed by atoms with van der Waals surface area (Å²) >= 11 is 0. The molecule has 0 aliphatic rings. The molecule has 1 rings (SSSR count). The molecule has 0 saturated heterocycles. The van der Waals surface area contributed by atoms with E-state index in [2.05, 4.69) is 51.0 Å². The lowest BCUT2D eigenvalue weighted by Gasteiger charge is -2.29. The topological polar surface area (TPSA) is 0 Å². The van der Waals surface area contributed by atoms with Crippen molar-refractivity contribution < 1.29 is 4.48 Å². The molecule has 1 heteroatoms. The zero-order valence-corrected chi connectivity index (χ0v) is 9.24. The molecule has 1 aromatic rings. The highest BCUT2D eigenvalue weighted by atomic mass is 15.3. The molecule has 0 aliphatic carbocycles. The fraction of sp³-hybridized carbons (Fsp3) is 0.385. The summed E-state index contributed by atoms with van der Waals surface area (Å²) in [7, 11) is 4.52. The van der Waals surface area contributed by atoms with Gasteiger partial charge in [0.05, 0.1) is 20.6 Å². The van der Waals surface area contributed by atoms with E-state index in [4.69, 9.17) is 0 Å². The maximum absolute atomic E-state index is 3.76. The van der Waals surface area contributed by atoms with Gasteiger partial charge in [0, 0.05) is 12.0 Å². The fourth-order valence-electron chi connectivity index (χ4n) is 1.60. The average molecular weight is 190 g/mol. The Bertz CT molecular complexity index is 275. The standard InChI is InChI=1S/C13H20N/c1-4-5-11-14(2,3)12-13-9-7-6-8-10-13/h4,6-10H,1,5,11-12H2,2-3H3/q+1. The molecule has 0 saturated carbocycles. The van der Waals surface area contributed by atoms with Crippen LogP contribution in [0.5, 0.6) is 0 Å². The second kappa shape index (κ2) is 4.97. The van der Waals surface area contributed by atoms with E-state index in [9.17, 15) is 0 Å². The van der Waals surface area contributed by atoms with Crippen LogP contribution >= 0.6 is 0 Å². The van der Waals surface area contributed by atoms with Gasteiger partial charge in [-0.15, -0.1) is 6.58 Å². The summed E-state index contributed by atoms with van der Waals surface area (Å²) in [5.74, 6) is 0. The number of hydrogen-bond acceptors (Lipinski definition) is 0. The Balaban J connectivity index is 2.54. The predicted molar refractivity (Wildman–Crippen MR) is 61.9 cm³/mol. The van der Waals surface area contributed by atoms with Crippen LogP contribution in [0.25, 0.3) is 0 Å². The summed E-state index contributed by atoms with van der Waals surface area (Å²) in [4.78, 5) is 0. The van der Waals surface area contributed by atoms with E-state index < -0.39 is 0 Å². The van der Waals surface area contributed by atoms with Gasteiger partial charge in [-0.25, -0.2) is 0 Å². The van der Waals surface area contributed by atoms with Gasteiger partial charge in [-0.2, -0.15) is 0 Å². The molecule has 0 aliphatic heterocycles. The minimum absolute atomic E-state index is 1.02. The van der Waals surface area contributed by atoms with Gasteiger partial charge < -0.3 is 4.48 Å². The van der Waals surface area contributed by atoms with Crippen molar-refractivity contribution in [2.24, 2.45) is 0 Å². The molecule has 0 unspecified atom stereocenters. The van der Waals surface area contributed by atoms with E-state index in [0.29, 0.717) is 0 Å². The quantitative estimate of drug-likeness (QED) is 0.495. The van der Waals surface area contributed by atoms with Gasteiger partial charge in [0.25, 0.3) is 0 Å². The summed E-state index contributed by atoms with van der Waals surface area (Å²) in [5, 5.41) is 0.